The second-order valence-electron chi connectivity index (χ2n) is 5.82. The molecule has 0 saturated carbocycles. The number of anilines is 1. The number of aliphatic carboxylic acids is 1. The lowest BCUT2D eigenvalue weighted by Crippen LogP contribution is -2.38. The molecule has 0 aromatic heterocycles. The van der Waals surface area contributed by atoms with Gasteiger partial charge in [0.25, 0.3) is 0 Å². The van der Waals surface area contributed by atoms with Crippen molar-refractivity contribution in [1.82, 2.24) is 0 Å². The standard InChI is InChI=1S/C18H20N2O4/c1-18(2,16(21)22)24-15-10-8-14(9-11-15)20(17(19)23)12-13-6-4-3-5-7-13/h3-11H,12H2,1-2H3,(H2,19,23)(H,21,22). The molecule has 2 rings (SSSR count). The number of rotatable bonds is 6. The Morgan fingerprint density at radius 3 is 2.17 bits per heavy atom. The first kappa shape index (κ1) is 17.3. The highest BCUT2D eigenvalue weighted by Gasteiger charge is 2.29. The average Bonchev–Trinajstić information content (AvgIpc) is 2.54. The van der Waals surface area contributed by atoms with Crippen LogP contribution < -0.4 is 15.4 Å². The zero-order chi connectivity index (χ0) is 17.7. The fourth-order valence-corrected chi connectivity index (χ4v) is 2.09. The van der Waals surface area contributed by atoms with Crippen molar-refractivity contribution in [2.45, 2.75) is 26.0 Å². The summed E-state index contributed by atoms with van der Waals surface area (Å²) < 4.78 is 5.44. The number of carbonyl (C=O) groups excluding carboxylic acids is 1. The summed E-state index contributed by atoms with van der Waals surface area (Å²) in [5, 5.41) is 9.09. The van der Waals surface area contributed by atoms with Crippen LogP contribution in [0.1, 0.15) is 19.4 Å². The number of benzene rings is 2. The summed E-state index contributed by atoms with van der Waals surface area (Å²) in [6.07, 6.45) is 0. The molecule has 126 valence electrons. The molecule has 0 spiro atoms. The second kappa shape index (κ2) is 7.04. The molecular formula is C18H20N2O4. The first-order valence-electron chi connectivity index (χ1n) is 7.43. The number of nitrogens with zero attached hydrogens (tertiary/aromatic N) is 1. The number of carboxylic acids is 1. The quantitative estimate of drug-likeness (QED) is 0.852. The van der Waals surface area contributed by atoms with Gasteiger partial charge in [0.1, 0.15) is 5.75 Å². The summed E-state index contributed by atoms with van der Waals surface area (Å²) in [5.41, 5.74) is 5.69. The van der Waals surface area contributed by atoms with E-state index >= 15 is 0 Å². The van der Waals surface area contributed by atoms with Gasteiger partial charge in [-0.25, -0.2) is 9.59 Å². The lowest BCUT2D eigenvalue weighted by Gasteiger charge is -2.23. The number of amides is 2. The summed E-state index contributed by atoms with van der Waals surface area (Å²) >= 11 is 0. The van der Waals surface area contributed by atoms with Crippen LogP contribution in [0.15, 0.2) is 54.6 Å². The van der Waals surface area contributed by atoms with Crippen molar-refractivity contribution in [3.63, 3.8) is 0 Å². The van der Waals surface area contributed by atoms with E-state index in [4.69, 9.17) is 15.6 Å². The first-order chi connectivity index (χ1) is 11.3. The molecule has 24 heavy (non-hydrogen) atoms. The minimum absolute atomic E-state index is 0.344. The van der Waals surface area contributed by atoms with Crippen molar-refractivity contribution in [3.05, 3.63) is 60.2 Å². The summed E-state index contributed by atoms with van der Waals surface area (Å²) in [4.78, 5) is 24.3. The largest absolute Gasteiger partial charge is 0.478 e. The molecule has 2 aromatic rings. The molecule has 0 heterocycles. The number of nitrogens with two attached hydrogens (primary N) is 1. The third-order valence-corrected chi connectivity index (χ3v) is 3.49. The summed E-state index contributed by atoms with van der Waals surface area (Å²) in [6, 6.07) is 15.5. The van der Waals surface area contributed by atoms with Crippen molar-refractivity contribution < 1.29 is 19.4 Å². The van der Waals surface area contributed by atoms with Gasteiger partial charge >= 0.3 is 12.0 Å². The normalized spacial score (nSPS) is 10.9. The Balaban J connectivity index is 2.17. The fourth-order valence-electron chi connectivity index (χ4n) is 2.09. The van der Waals surface area contributed by atoms with Crippen LogP contribution in [0, 0.1) is 0 Å². The first-order valence-corrected chi connectivity index (χ1v) is 7.43. The van der Waals surface area contributed by atoms with Crippen LogP contribution in [-0.4, -0.2) is 22.7 Å². The number of urea groups is 1. The minimum Gasteiger partial charge on any atom is -0.478 e. The molecule has 2 aromatic carbocycles. The van der Waals surface area contributed by atoms with Gasteiger partial charge in [-0.3, -0.25) is 4.90 Å². The number of hydrogen-bond acceptors (Lipinski definition) is 3. The van der Waals surface area contributed by atoms with Crippen molar-refractivity contribution in [2.24, 2.45) is 5.73 Å². The highest BCUT2D eigenvalue weighted by Crippen LogP contribution is 2.24. The van der Waals surface area contributed by atoms with Gasteiger partial charge in [0, 0.05) is 5.69 Å². The van der Waals surface area contributed by atoms with Crippen LogP contribution in [-0.2, 0) is 11.3 Å². The number of carbonyl (C=O) groups is 2. The van der Waals surface area contributed by atoms with E-state index in [-0.39, 0.29) is 0 Å². The molecule has 0 radical (unpaired) electrons. The Morgan fingerprint density at radius 2 is 1.67 bits per heavy atom. The Labute approximate surface area is 140 Å². The highest BCUT2D eigenvalue weighted by molar-refractivity contribution is 5.90. The van der Waals surface area contributed by atoms with E-state index in [1.54, 1.807) is 24.3 Å². The van der Waals surface area contributed by atoms with E-state index in [9.17, 15) is 9.59 Å². The molecule has 0 fully saturated rings. The molecule has 6 heteroatoms. The Morgan fingerprint density at radius 1 is 1.08 bits per heavy atom. The van der Waals surface area contributed by atoms with Crippen LogP contribution in [0.25, 0.3) is 0 Å². The predicted octanol–water partition coefficient (Wildman–Crippen LogP) is 3.01. The van der Waals surface area contributed by atoms with Crippen molar-refractivity contribution >= 4 is 17.7 Å². The van der Waals surface area contributed by atoms with E-state index in [0.717, 1.165) is 5.56 Å². The van der Waals surface area contributed by atoms with E-state index in [2.05, 4.69) is 0 Å². The molecule has 0 aliphatic carbocycles. The maximum absolute atomic E-state index is 11.7. The molecule has 0 unspecified atom stereocenters. The SMILES string of the molecule is CC(C)(Oc1ccc(N(Cc2ccccc2)C(N)=O)cc1)C(=O)O. The van der Waals surface area contributed by atoms with Gasteiger partial charge in [0.15, 0.2) is 5.60 Å². The van der Waals surface area contributed by atoms with Crippen LogP contribution in [0.2, 0.25) is 0 Å². The molecule has 0 bridgehead atoms. The van der Waals surface area contributed by atoms with E-state index in [1.807, 2.05) is 30.3 Å². The minimum atomic E-state index is -1.34. The van der Waals surface area contributed by atoms with Crippen LogP contribution in [0.4, 0.5) is 10.5 Å². The summed E-state index contributed by atoms with van der Waals surface area (Å²) in [5.74, 6) is -0.662. The van der Waals surface area contributed by atoms with Gasteiger partial charge in [0.2, 0.25) is 0 Å². The monoisotopic (exact) mass is 328 g/mol. The number of hydrogen-bond donors (Lipinski definition) is 2. The van der Waals surface area contributed by atoms with E-state index < -0.39 is 17.6 Å². The Kier molecular flexibility index (Phi) is 5.08. The third-order valence-electron chi connectivity index (χ3n) is 3.49. The molecule has 0 aliphatic rings. The van der Waals surface area contributed by atoms with Gasteiger partial charge in [-0.2, -0.15) is 0 Å². The van der Waals surface area contributed by atoms with Crippen molar-refractivity contribution in [3.8, 4) is 5.75 Å². The van der Waals surface area contributed by atoms with Crippen molar-refractivity contribution in [2.75, 3.05) is 4.90 Å². The highest BCUT2D eigenvalue weighted by atomic mass is 16.5. The van der Waals surface area contributed by atoms with Gasteiger partial charge in [-0.05, 0) is 43.7 Å². The van der Waals surface area contributed by atoms with Gasteiger partial charge in [-0.15, -0.1) is 0 Å². The smallest absolute Gasteiger partial charge is 0.347 e. The summed E-state index contributed by atoms with van der Waals surface area (Å²) in [6.45, 7) is 3.28. The third kappa shape index (κ3) is 4.25. The lowest BCUT2D eigenvalue weighted by molar-refractivity contribution is -0.152. The summed E-state index contributed by atoms with van der Waals surface area (Å²) in [7, 11) is 0. The Bertz CT molecular complexity index is 712. The number of primary amides is 1. The topological polar surface area (TPSA) is 92.9 Å². The van der Waals surface area contributed by atoms with E-state index in [1.165, 1.54) is 18.7 Å². The average molecular weight is 328 g/mol. The number of carboxylic acid groups (broad SMARTS) is 1. The molecule has 2 amide bonds. The maximum atomic E-state index is 11.7. The van der Waals surface area contributed by atoms with Crippen LogP contribution >= 0.6 is 0 Å². The zero-order valence-corrected chi connectivity index (χ0v) is 13.6. The molecule has 0 atom stereocenters. The molecule has 0 saturated heterocycles. The zero-order valence-electron chi connectivity index (χ0n) is 13.6. The number of ether oxygens (including phenoxy) is 1. The van der Waals surface area contributed by atoms with E-state index in [0.29, 0.717) is 18.0 Å². The molecule has 6 nitrogen and oxygen atoms in total. The van der Waals surface area contributed by atoms with Crippen molar-refractivity contribution in [1.29, 1.82) is 0 Å². The van der Waals surface area contributed by atoms with Gasteiger partial charge < -0.3 is 15.6 Å². The Hall–Kier alpha value is -3.02. The van der Waals surface area contributed by atoms with Gasteiger partial charge in [0.05, 0.1) is 6.54 Å². The van der Waals surface area contributed by atoms with Crippen LogP contribution in [0.3, 0.4) is 0 Å². The van der Waals surface area contributed by atoms with Crippen LogP contribution in [0.5, 0.6) is 5.75 Å². The van der Waals surface area contributed by atoms with Gasteiger partial charge in [-0.1, -0.05) is 30.3 Å². The maximum Gasteiger partial charge on any atom is 0.347 e. The fraction of sp³-hybridized carbons (Fsp3) is 0.222. The predicted molar refractivity (Wildman–Crippen MR) is 91.0 cm³/mol. The molecule has 0 aliphatic heterocycles. The molecular weight excluding hydrogens is 308 g/mol. The second-order valence-corrected chi connectivity index (χ2v) is 5.82. The molecule has 3 N–H and O–H groups in total. The lowest BCUT2D eigenvalue weighted by atomic mass is 10.1.